The van der Waals surface area contributed by atoms with Gasteiger partial charge < -0.3 is 15.4 Å². The van der Waals surface area contributed by atoms with Crippen molar-refractivity contribution in [1.82, 2.24) is 5.32 Å². The van der Waals surface area contributed by atoms with Crippen LogP contribution >= 0.6 is 11.3 Å². The molecule has 2 amide bonds. The molecule has 164 valence electrons. The van der Waals surface area contributed by atoms with Crippen LogP contribution in [0.15, 0.2) is 66.7 Å². The minimum Gasteiger partial charge on any atom is -0.451 e. The van der Waals surface area contributed by atoms with Gasteiger partial charge in [0.15, 0.2) is 6.61 Å². The molecule has 3 aromatic rings. The summed E-state index contributed by atoms with van der Waals surface area (Å²) in [6.07, 6.45) is 0. The predicted octanol–water partition coefficient (Wildman–Crippen LogP) is 3.94. The van der Waals surface area contributed by atoms with Crippen molar-refractivity contribution in [1.29, 1.82) is 0 Å². The van der Waals surface area contributed by atoms with Crippen LogP contribution < -0.4 is 10.6 Å². The average molecular weight is 453 g/mol. The molecule has 3 rings (SSSR count). The number of amides is 2. The number of ether oxygens (including phenoxy) is 1. The molecule has 0 spiro atoms. The Morgan fingerprint density at radius 1 is 1.03 bits per heavy atom. The van der Waals surface area contributed by atoms with Crippen molar-refractivity contribution in [2.75, 3.05) is 11.9 Å². The zero-order valence-electron chi connectivity index (χ0n) is 16.9. The average Bonchev–Trinajstić information content (AvgIpc) is 3.29. The Morgan fingerprint density at radius 2 is 1.72 bits per heavy atom. The smallest absolute Gasteiger partial charge is 0.349 e. The highest BCUT2D eigenvalue weighted by molar-refractivity contribution is 7.17. The summed E-state index contributed by atoms with van der Waals surface area (Å²) in [6.45, 7) is 1.24. The summed E-state index contributed by atoms with van der Waals surface area (Å²) in [5.41, 5.74) is 1.45. The highest BCUT2D eigenvalue weighted by Gasteiger charge is 2.19. The van der Waals surface area contributed by atoms with Crippen molar-refractivity contribution in [2.45, 2.75) is 13.0 Å². The minimum absolute atomic E-state index is 0.0131. The number of carbonyl (C=O) groups is 3. The van der Waals surface area contributed by atoms with E-state index in [9.17, 15) is 24.5 Å². The van der Waals surface area contributed by atoms with Gasteiger partial charge in [0, 0.05) is 6.07 Å². The lowest BCUT2D eigenvalue weighted by Crippen LogP contribution is -2.28. The first-order chi connectivity index (χ1) is 15.3. The molecule has 1 unspecified atom stereocenters. The number of nitrogens with zero attached hydrogens (tertiary/aromatic N) is 1. The van der Waals surface area contributed by atoms with E-state index in [1.54, 1.807) is 24.3 Å². The summed E-state index contributed by atoms with van der Waals surface area (Å²) in [5.74, 6) is -1.87. The van der Waals surface area contributed by atoms with Gasteiger partial charge in [-0.2, -0.15) is 0 Å². The van der Waals surface area contributed by atoms with Crippen LogP contribution in [0.5, 0.6) is 0 Å². The molecule has 1 heterocycles. The summed E-state index contributed by atoms with van der Waals surface area (Å²) >= 11 is 0.657. The molecule has 0 fully saturated rings. The highest BCUT2D eigenvalue weighted by Crippen LogP contribution is 2.24. The van der Waals surface area contributed by atoms with Gasteiger partial charge in [-0.05, 0) is 30.7 Å². The Hall–Kier alpha value is -4.05. The van der Waals surface area contributed by atoms with Crippen LogP contribution in [0.3, 0.4) is 0 Å². The molecule has 0 bridgehead atoms. The normalized spacial score (nSPS) is 11.3. The first-order valence-corrected chi connectivity index (χ1v) is 10.3. The van der Waals surface area contributed by atoms with Gasteiger partial charge in [0.05, 0.1) is 22.2 Å². The molecule has 0 aliphatic rings. The van der Waals surface area contributed by atoms with E-state index in [4.69, 9.17) is 4.74 Å². The lowest BCUT2D eigenvalue weighted by atomic mass is 10.1. The summed E-state index contributed by atoms with van der Waals surface area (Å²) in [6, 6.07) is 18.1. The topological polar surface area (TPSA) is 128 Å². The number of anilines is 1. The summed E-state index contributed by atoms with van der Waals surface area (Å²) < 4.78 is 4.91. The Kier molecular flexibility index (Phi) is 7.29. The molecule has 0 saturated carbocycles. The number of hydrogen-bond acceptors (Lipinski definition) is 7. The fourth-order valence-electron chi connectivity index (χ4n) is 2.81. The maximum Gasteiger partial charge on any atom is 0.349 e. The summed E-state index contributed by atoms with van der Waals surface area (Å²) in [5, 5.41) is 15.9. The number of thiophene rings is 1. The number of benzene rings is 2. The Labute approximate surface area is 187 Å². The van der Waals surface area contributed by atoms with E-state index in [-0.39, 0.29) is 33.1 Å². The molecule has 2 aromatic carbocycles. The molecule has 0 aliphatic heterocycles. The lowest BCUT2D eigenvalue weighted by molar-refractivity contribution is -0.380. The molecule has 2 N–H and O–H groups in total. The van der Waals surface area contributed by atoms with Crippen molar-refractivity contribution in [3.8, 4) is 0 Å². The third-order valence-electron chi connectivity index (χ3n) is 4.40. The SMILES string of the molecule is CC(NC(=O)c1ccccc1NC(=O)COC(=O)c1ccc([N+](=O)[O-])s1)c1ccccc1. The second-order valence-electron chi connectivity index (χ2n) is 6.67. The molecular formula is C22H19N3O6S. The van der Waals surface area contributed by atoms with E-state index < -0.39 is 23.4 Å². The zero-order valence-corrected chi connectivity index (χ0v) is 17.8. The summed E-state index contributed by atoms with van der Waals surface area (Å²) in [4.78, 5) is 47.1. The molecule has 9 nitrogen and oxygen atoms in total. The van der Waals surface area contributed by atoms with Crippen LogP contribution in [0, 0.1) is 10.1 Å². The molecule has 0 aliphatic carbocycles. The quantitative estimate of drug-likeness (QED) is 0.302. The monoisotopic (exact) mass is 453 g/mol. The van der Waals surface area contributed by atoms with Crippen LogP contribution in [0.4, 0.5) is 10.7 Å². The Bertz CT molecular complexity index is 1150. The molecular weight excluding hydrogens is 434 g/mol. The number of esters is 1. The largest absolute Gasteiger partial charge is 0.451 e. The van der Waals surface area contributed by atoms with E-state index in [0.717, 1.165) is 5.56 Å². The number of hydrogen-bond donors (Lipinski definition) is 2. The molecule has 32 heavy (non-hydrogen) atoms. The number of rotatable bonds is 8. The number of carbonyl (C=O) groups excluding carboxylic acids is 3. The molecule has 0 saturated heterocycles. The van der Waals surface area contributed by atoms with E-state index in [2.05, 4.69) is 10.6 Å². The highest BCUT2D eigenvalue weighted by atomic mass is 32.1. The van der Waals surface area contributed by atoms with E-state index in [1.807, 2.05) is 37.3 Å². The van der Waals surface area contributed by atoms with Crippen molar-refractivity contribution in [3.05, 3.63) is 92.8 Å². The first kappa shape index (κ1) is 22.6. The van der Waals surface area contributed by atoms with Gasteiger partial charge in [-0.25, -0.2) is 4.79 Å². The van der Waals surface area contributed by atoms with E-state index in [0.29, 0.717) is 11.3 Å². The zero-order chi connectivity index (χ0) is 23.1. The molecule has 1 aromatic heterocycles. The van der Waals surface area contributed by atoms with Crippen molar-refractivity contribution in [2.24, 2.45) is 0 Å². The minimum atomic E-state index is -0.846. The van der Waals surface area contributed by atoms with E-state index in [1.165, 1.54) is 12.1 Å². The van der Waals surface area contributed by atoms with Gasteiger partial charge in [0.2, 0.25) is 0 Å². The standard InChI is InChI=1S/C22H19N3O6S/c1-14(15-7-3-2-4-8-15)23-21(27)16-9-5-6-10-17(16)24-19(26)13-31-22(28)18-11-12-20(32-18)25(29)30/h2-12,14H,13H2,1H3,(H,23,27)(H,24,26). The number of nitrogens with one attached hydrogen (secondary N) is 2. The predicted molar refractivity (Wildman–Crippen MR) is 119 cm³/mol. The maximum absolute atomic E-state index is 12.7. The molecule has 1 atom stereocenters. The lowest BCUT2D eigenvalue weighted by Gasteiger charge is -2.16. The summed E-state index contributed by atoms with van der Waals surface area (Å²) in [7, 11) is 0. The second kappa shape index (κ2) is 10.3. The molecule has 0 radical (unpaired) electrons. The van der Waals surface area contributed by atoms with E-state index >= 15 is 0 Å². The second-order valence-corrected chi connectivity index (χ2v) is 7.73. The number of nitro groups is 1. The fraction of sp³-hybridized carbons (Fsp3) is 0.136. The Morgan fingerprint density at radius 3 is 2.41 bits per heavy atom. The van der Waals surface area contributed by atoms with Gasteiger partial charge in [-0.1, -0.05) is 53.8 Å². The van der Waals surface area contributed by atoms with Gasteiger partial charge in [-0.15, -0.1) is 0 Å². The van der Waals surface area contributed by atoms with Crippen LogP contribution in [-0.2, 0) is 9.53 Å². The molecule has 10 heteroatoms. The maximum atomic E-state index is 12.7. The fourth-order valence-corrected chi connectivity index (χ4v) is 3.53. The van der Waals surface area contributed by atoms with Crippen molar-refractivity contribution in [3.63, 3.8) is 0 Å². The van der Waals surface area contributed by atoms with Crippen LogP contribution in [0.2, 0.25) is 0 Å². The van der Waals surface area contributed by atoms with Crippen LogP contribution in [0.1, 0.15) is 38.6 Å². The van der Waals surface area contributed by atoms with Gasteiger partial charge >= 0.3 is 11.0 Å². The first-order valence-electron chi connectivity index (χ1n) is 9.51. The van der Waals surface area contributed by atoms with Crippen LogP contribution in [0.25, 0.3) is 0 Å². The van der Waals surface area contributed by atoms with Gasteiger partial charge in [-0.3, -0.25) is 19.7 Å². The third-order valence-corrected chi connectivity index (χ3v) is 5.42. The Balaban J connectivity index is 1.60. The number of para-hydroxylation sites is 1. The van der Waals surface area contributed by atoms with Crippen LogP contribution in [-0.4, -0.2) is 29.3 Å². The van der Waals surface area contributed by atoms with Gasteiger partial charge in [0.1, 0.15) is 4.88 Å². The third kappa shape index (κ3) is 5.76. The van der Waals surface area contributed by atoms with Crippen molar-refractivity contribution >= 4 is 39.8 Å². The van der Waals surface area contributed by atoms with Gasteiger partial charge in [0.25, 0.3) is 11.8 Å². The van der Waals surface area contributed by atoms with Crippen molar-refractivity contribution < 1.29 is 24.0 Å².